The van der Waals surface area contributed by atoms with Crippen molar-refractivity contribution in [3.05, 3.63) is 36.4 Å². The van der Waals surface area contributed by atoms with Crippen molar-refractivity contribution in [2.45, 2.75) is 4.90 Å². The number of hydrogen-bond acceptors (Lipinski definition) is 7. The second-order valence-electron chi connectivity index (χ2n) is 5.06. The molecule has 0 aliphatic rings. The fourth-order valence-electron chi connectivity index (χ4n) is 2.53. The number of methoxy groups -OCH3 is 2. The SMILES string of the molecule is CNc1cccc(OC)c1S(=O)(=O)Nc1noc2cccc(OC)c12. The van der Waals surface area contributed by atoms with Gasteiger partial charge in [-0.25, -0.2) is 8.42 Å². The van der Waals surface area contributed by atoms with Crippen LogP contribution in [0.5, 0.6) is 11.5 Å². The van der Waals surface area contributed by atoms with E-state index >= 15 is 0 Å². The molecular formula is C16H17N3O5S. The molecule has 0 saturated carbocycles. The van der Waals surface area contributed by atoms with E-state index in [4.69, 9.17) is 14.0 Å². The first-order valence-electron chi connectivity index (χ1n) is 7.31. The van der Waals surface area contributed by atoms with E-state index in [0.29, 0.717) is 22.4 Å². The summed E-state index contributed by atoms with van der Waals surface area (Å²) in [6, 6.07) is 9.99. The minimum absolute atomic E-state index is 0.0222. The zero-order chi connectivity index (χ0) is 18.0. The summed E-state index contributed by atoms with van der Waals surface area (Å²) in [7, 11) is 0.517. The summed E-state index contributed by atoms with van der Waals surface area (Å²) >= 11 is 0. The molecule has 0 aliphatic heterocycles. The van der Waals surface area contributed by atoms with Crippen molar-refractivity contribution < 1.29 is 22.4 Å². The van der Waals surface area contributed by atoms with Crippen molar-refractivity contribution in [3.63, 3.8) is 0 Å². The lowest BCUT2D eigenvalue weighted by Gasteiger charge is -2.14. The molecule has 2 aromatic carbocycles. The van der Waals surface area contributed by atoms with Crippen molar-refractivity contribution in [2.24, 2.45) is 0 Å². The molecule has 0 aliphatic carbocycles. The zero-order valence-corrected chi connectivity index (χ0v) is 14.7. The minimum atomic E-state index is -4.00. The summed E-state index contributed by atoms with van der Waals surface area (Å²) in [5, 5.41) is 7.11. The number of ether oxygens (including phenoxy) is 2. The average Bonchev–Trinajstić information content (AvgIpc) is 3.03. The van der Waals surface area contributed by atoms with E-state index in [1.165, 1.54) is 14.2 Å². The van der Waals surface area contributed by atoms with Crippen molar-refractivity contribution in [2.75, 3.05) is 31.3 Å². The van der Waals surface area contributed by atoms with Crippen molar-refractivity contribution in [1.29, 1.82) is 0 Å². The number of rotatable bonds is 6. The van der Waals surface area contributed by atoms with E-state index in [1.54, 1.807) is 43.4 Å². The van der Waals surface area contributed by atoms with E-state index in [-0.39, 0.29) is 16.5 Å². The molecule has 0 saturated heterocycles. The maximum absolute atomic E-state index is 12.9. The topological polar surface area (TPSA) is 103 Å². The number of aromatic nitrogens is 1. The first-order chi connectivity index (χ1) is 12.0. The van der Waals surface area contributed by atoms with Crippen LogP contribution in [0.25, 0.3) is 11.0 Å². The molecule has 1 aromatic heterocycles. The summed E-state index contributed by atoms with van der Waals surface area (Å²) < 4.78 is 44.0. The number of benzene rings is 2. The van der Waals surface area contributed by atoms with Crippen molar-refractivity contribution in [1.82, 2.24) is 5.16 Å². The molecule has 0 spiro atoms. The van der Waals surface area contributed by atoms with Gasteiger partial charge < -0.3 is 19.3 Å². The molecule has 0 fully saturated rings. The highest BCUT2D eigenvalue weighted by Crippen LogP contribution is 2.36. The minimum Gasteiger partial charge on any atom is -0.496 e. The Bertz CT molecular complexity index is 992. The fourth-order valence-corrected chi connectivity index (χ4v) is 3.90. The lowest BCUT2D eigenvalue weighted by atomic mass is 10.2. The van der Waals surface area contributed by atoms with Crippen LogP contribution in [0, 0.1) is 0 Å². The van der Waals surface area contributed by atoms with Crippen LogP contribution < -0.4 is 19.5 Å². The third-order valence-corrected chi connectivity index (χ3v) is 5.07. The zero-order valence-electron chi connectivity index (χ0n) is 13.9. The van der Waals surface area contributed by atoms with Crippen LogP contribution in [-0.2, 0) is 10.0 Å². The summed E-state index contributed by atoms with van der Waals surface area (Å²) in [6.45, 7) is 0. The van der Waals surface area contributed by atoms with Gasteiger partial charge in [0.2, 0.25) is 0 Å². The van der Waals surface area contributed by atoms with E-state index in [0.717, 1.165) is 0 Å². The summed E-state index contributed by atoms with van der Waals surface area (Å²) in [4.78, 5) is -0.0222. The first kappa shape index (κ1) is 16.9. The van der Waals surface area contributed by atoms with Crippen LogP contribution in [0.3, 0.4) is 0 Å². The lowest BCUT2D eigenvalue weighted by Crippen LogP contribution is -2.16. The number of fused-ring (bicyclic) bond motifs is 1. The van der Waals surface area contributed by atoms with Gasteiger partial charge in [0.05, 0.1) is 19.9 Å². The van der Waals surface area contributed by atoms with Gasteiger partial charge in [0.25, 0.3) is 10.0 Å². The van der Waals surface area contributed by atoms with E-state index in [2.05, 4.69) is 15.2 Å². The second-order valence-corrected chi connectivity index (χ2v) is 6.68. The quantitative estimate of drug-likeness (QED) is 0.694. The molecule has 0 atom stereocenters. The first-order valence-corrected chi connectivity index (χ1v) is 8.80. The van der Waals surface area contributed by atoms with Gasteiger partial charge in [-0.05, 0) is 24.3 Å². The Balaban J connectivity index is 2.13. The molecule has 0 radical (unpaired) electrons. The van der Waals surface area contributed by atoms with E-state index in [1.807, 2.05) is 0 Å². The molecule has 25 heavy (non-hydrogen) atoms. The number of hydrogen-bond donors (Lipinski definition) is 2. The van der Waals surface area contributed by atoms with Gasteiger partial charge in [0.1, 0.15) is 16.9 Å². The summed E-state index contributed by atoms with van der Waals surface area (Å²) in [5.41, 5.74) is 0.803. The molecule has 9 heteroatoms. The number of nitrogens with one attached hydrogen (secondary N) is 2. The molecule has 3 rings (SSSR count). The van der Waals surface area contributed by atoms with Gasteiger partial charge >= 0.3 is 0 Å². The van der Waals surface area contributed by atoms with Gasteiger partial charge in [-0.1, -0.05) is 17.3 Å². The van der Waals surface area contributed by atoms with Gasteiger partial charge in [0, 0.05) is 7.05 Å². The Morgan fingerprint density at radius 2 is 1.72 bits per heavy atom. The summed E-state index contributed by atoms with van der Waals surface area (Å²) in [6.07, 6.45) is 0. The van der Waals surface area contributed by atoms with Crippen molar-refractivity contribution in [3.8, 4) is 11.5 Å². The third-order valence-electron chi connectivity index (χ3n) is 3.65. The number of anilines is 2. The molecule has 0 unspecified atom stereocenters. The molecule has 8 nitrogen and oxygen atoms in total. The molecule has 132 valence electrons. The average molecular weight is 363 g/mol. The van der Waals surface area contributed by atoms with E-state index in [9.17, 15) is 8.42 Å². The molecule has 1 heterocycles. The predicted molar refractivity (Wildman–Crippen MR) is 93.9 cm³/mol. The van der Waals surface area contributed by atoms with Crippen LogP contribution in [0.4, 0.5) is 11.5 Å². The largest absolute Gasteiger partial charge is 0.496 e. The third kappa shape index (κ3) is 2.93. The van der Waals surface area contributed by atoms with Crippen LogP contribution in [0.1, 0.15) is 0 Å². The Kier molecular flexibility index (Phi) is 4.41. The van der Waals surface area contributed by atoms with Crippen LogP contribution >= 0.6 is 0 Å². The van der Waals surface area contributed by atoms with Crippen LogP contribution in [-0.4, -0.2) is 34.8 Å². The highest BCUT2D eigenvalue weighted by molar-refractivity contribution is 7.93. The smallest absolute Gasteiger partial charge is 0.268 e. The van der Waals surface area contributed by atoms with E-state index < -0.39 is 10.0 Å². The molecule has 0 bridgehead atoms. The monoisotopic (exact) mass is 363 g/mol. The normalized spacial score (nSPS) is 11.3. The molecule has 3 aromatic rings. The van der Waals surface area contributed by atoms with Gasteiger partial charge in [-0.3, -0.25) is 4.72 Å². The number of sulfonamides is 1. The maximum Gasteiger partial charge on any atom is 0.268 e. The standard InChI is InChI=1S/C16H17N3O5S/c1-17-10-6-4-9-13(23-3)15(10)25(20,21)19-16-14-11(22-2)7-5-8-12(14)24-18-16/h4-9,17H,1-3H3,(H,18,19). The Morgan fingerprint density at radius 1 is 1.04 bits per heavy atom. The Labute approximate surface area is 144 Å². The maximum atomic E-state index is 12.9. The Hall–Kier alpha value is -2.94. The highest BCUT2D eigenvalue weighted by atomic mass is 32.2. The molecular weight excluding hydrogens is 346 g/mol. The van der Waals surface area contributed by atoms with Crippen molar-refractivity contribution >= 4 is 32.5 Å². The second kappa shape index (κ2) is 6.52. The van der Waals surface area contributed by atoms with Gasteiger partial charge in [-0.15, -0.1) is 0 Å². The number of nitrogens with zero attached hydrogens (tertiary/aromatic N) is 1. The lowest BCUT2D eigenvalue weighted by molar-refractivity contribution is 0.403. The van der Waals surface area contributed by atoms with Crippen LogP contribution in [0.15, 0.2) is 45.8 Å². The van der Waals surface area contributed by atoms with Gasteiger partial charge in [-0.2, -0.15) is 0 Å². The molecule has 0 amide bonds. The molecule has 2 N–H and O–H groups in total. The van der Waals surface area contributed by atoms with Crippen LogP contribution in [0.2, 0.25) is 0 Å². The summed E-state index contributed by atoms with van der Waals surface area (Å²) in [5.74, 6) is 0.699. The highest BCUT2D eigenvalue weighted by Gasteiger charge is 2.26. The fraction of sp³-hybridized carbons (Fsp3) is 0.188. The van der Waals surface area contributed by atoms with Gasteiger partial charge in [0.15, 0.2) is 16.3 Å². The predicted octanol–water partition coefficient (Wildman–Crippen LogP) is 2.69. The Morgan fingerprint density at radius 3 is 2.40 bits per heavy atom.